The van der Waals surface area contributed by atoms with Crippen LogP contribution in [0.2, 0.25) is 0 Å². The number of nitrogens with one attached hydrogen (secondary N) is 1. The fourth-order valence-corrected chi connectivity index (χ4v) is 2.66. The predicted octanol–water partition coefficient (Wildman–Crippen LogP) is 2.13. The first kappa shape index (κ1) is 18.6. The third-order valence-electron chi connectivity index (χ3n) is 3.44. The molecule has 0 heterocycles. The molecule has 0 bridgehead atoms. The van der Waals surface area contributed by atoms with Crippen LogP contribution in [-0.4, -0.2) is 57.0 Å². The van der Waals surface area contributed by atoms with Gasteiger partial charge in [0.15, 0.2) is 0 Å². The highest BCUT2D eigenvalue weighted by molar-refractivity contribution is 5.83. The summed E-state index contributed by atoms with van der Waals surface area (Å²) in [5.41, 5.74) is 0.771. The normalized spacial score (nSPS) is 13.5. The summed E-state index contributed by atoms with van der Waals surface area (Å²) < 4.78 is 13.1. The van der Waals surface area contributed by atoms with Gasteiger partial charge in [-0.3, -0.25) is 9.69 Å². The van der Waals surface area contributed by atoms with E-state index in [2.05, 4.69) is 24.1 Å². The van der Waals surface area contributed by atoms with Crippen LogP contribution < -0.4 is 5.32 Å². The van der Waals surface area contributed by atoms with Crippen molar-refractivity contribution in [3.05, 3.63) is 35.6 Å². The molecule has 0 aliphatic heterocycles. The van der Waals surface area contributed by atoms with Crippen molar-refractivity contribution in [1.82, 2.24) is 15.1 Å². The molecule has 124 valence electrons. The van der Waals surface area contributed by atoms with E-state index in [4.69, 9.17) is 0 Å². The number of hydrogen-bond acceptors (Lipinski definition) is 3. The van der Waals surface area contributed by atoms with Crippen LogP contribution >= 0.6 is 0 Å². The summed E-state index contributed by atoms with van der Waals surface area (Å²) in [6.45, 7) is 5.72. The Kier molecular flexibility index (Phi) is 6.50. The van der Waals surface area contributed by atoms with E-state index in [-0.39, 0.29) is 17.1 Å². The molecule has 0 aromatic heterocycles. The Bertz CT molecular complexity index is 483. The highest BCUT2D eigenvalue weighted by atomic mass is 19.1. The summed E-state index contributed by atoms with van der Waals surface area (Å²) in [4.78, 5) is 16.5. The van der Waals surface area contributed by atoms with Crippen molar-refractivity contribution in [2.24, 2.45) is 5.41 Å². The van der Waals surface area contributed by atoms with Crippen LogP contribution in [0.15, 0.2) is 24.3 Å². The molecule has 0 saturated heterocycles. The van der Waals surface area contributed by atoms with Crippen LogP contribution in [-0.2, 0) is 4.79 Å². The van der Waals surface area contributed by atoms with Gasteiger partial charge >= 0.3 is 0 Å². The van der Waals surface area contributed by atoms with Gasteiger partial charge in [-0.2, -0.15) is 0 Å². The molecule has 4 nitrogen and oxygen atoms in total. The van der Waals surface area contributed by atoms with Crippen LogP contribution in [0.5, 0.6) is 0 Å². The summed E-state index contributed by atoms with van der Waals surface area (Å²) in [6.07, 6.45) is 0. The summed E-state index contributed by atoms with van der Waals surface area (Å²) in [6, 6.07) is 5.66. The predicted molar refractivity (Wildman–Crippen MR) is 88.2 cm³/mol. The maximum atomic E-state index is 13.1. The number of amides is 1. The quantitative estimate of drug-likeness (QED) is 0.838. The molecule has 0 spiro atoms. The molecule has 0 unspecified atom stereocenters. The zero-order chi connectivity index (χ0) is 16.9. The summed E-state index contributed by atoms with van der Waals surface area (Å²) >= 11 is 0. The lowest BCUT2D eigenvalue weighted by Crippen LogP contribution is -2.44. The first-order valence-corrected chi connectivity index (χ1v) is 7.47. The maximum absolute atomic E-state index is 13.1. The first-order valence-electron chi connectivity index (χ1n) is 7.47. The van der Waals surface area contributed by atoms with E-state index in [0.717, 1.165) is 12.1 Å². The zero-order valence-corrected chi connectivity index (χ0v) is 14.5. The van der Waals surface area contributed by atoms with Crippen molar-refractivity contribution >= 4 is 5.91 Å². The highest BCUT2D eigenvalue weighted by Crippen LogP contribution is 2.20. The third-order valence-corrected chi connectivity index (χ3v) is 3.44. The van der Waals surface area contributed by atoms with Crippen LogP contribution in [0.1, 0.15) is 25.5 Å². The van der Waals surface area contributed by atoms with Crippen LogP contribution in [0, 0.1) is 11.2 Å². The molecule has 1 aromatic rings. The standard InChI is InChI=1S/C17H28FN3O/c1-17(2,12-20(3)4)11-19-16(22)15(21(5)6)13-7-9-14(18)10-8-13/h7-10,15H,11-12H2,1-6H3,(H,19,22)/t15-/m0/s1. The van der Waals surface area contributed by atoms with Gasteiger partial charge in [0.25, 0.3) is 0 Å². The average Bonchev–Trinajstić information content (AvgIpc) is 2.37. The Balaban J connectivity index is 2.76. The molecule has 1 N–H and O–H groups in total. The Morgan fingerprint density at radius 1 is 1.18 bits per heavy atom. The molecule has 5 heteroatoms. The number of nitrogens with zero attached hydrogens (tertiary/aromatic N) is 2. The second-order valence-corrected chi connectivity index (χ2v) is 7.04. The minimum atomic E-state index is -0.421. The summed E-state index contributed by atoms with van der Waals surface area (Å²) in [5, 5.41) is 3.02. The highest BCUT2D eigenvalue weighted by Gasteiger charge is 2.26. The lowest BCUT2D eigenvalue weighted by Gasteiger charge is -2.30. The molecular formula is C17H28FN3O. The molecule has 1 atom stereocenters. The largest absolute Gasteiger partial charge is 0.354 e. The number of carbonyl (C=O) groups is 1. The van der Waals surface area contributed by atoms with Crippen molar-refractivity contribution in [1.29, 1.82) is 0 Å². The van der Waals surface area contributed by atoms with Crippen molar-refractivity contribution in [2.45, 2.75) is 19.9 Å². The number of hydrogen-bond donors (Lipinski definition) is 1. The van der Waals surface area contributed by atoms with Crippen molar-refractivity contribution in [3.8, 4) is 0 Å². The minimum absolute atomic E-state index is 0.0151. The molecule has 1 aromatic carbocycles. The molecule has 0 fully saturated rings. The number of halogens is 1. The van der Waals surface area contributed by atoms with Gasteiger partial charge in [-0.05, 0) is 51.3 Å². The smallest absolute Gasteiger partial charge is 0.241 e. The number of benzene rings is 1. The maximum Gasteiger partial charge on any atom is 0.241 e. The lowest BCUT2D eigenvalue weighted by molar-refractivity contribution is -0.126. The van der Waals surface area contributed by atoms with E-state index in [0.29, 0.717) is 6.54 Å². The first-order chi connectivity index (χ1) is 10.1. The average molecular weight is 309 g/mol. The van der Waals surface area contributed by atoms with E-state index in [1.165, 1.54) is 12.1 Å². The Labute approximate surface area is 133 Å². The molecule has 0 aliphatic carbocycles. The van der Waals surface area contributed by atoms with Gasteiger partial charge in [0.1, 0.15) is 11.9 Å². The van der Waals surface area contributed by atoms with E-state index >= 15 is 0 Å². The monoisotopic (exact) mass is 309 g/mol. The van der Waals surface area contributed by atoms with E-state index in [1.807, 2.05) is 33.1 Å². The topological polar surface area (TPSA) is 35.6 Å². The van der Waals surface area contributed by atoms with E-state index < -0.39 is 6.04 Å². The zero-order valence-electron chi connectivity index (χ0n) is 14.5. The van der Waals surface area contributed by atoms with Crippen molar-refractivity contribution < 1.29 is 9.18 Å². The van der Waals surface area contributed by atoms with Gasteiger partial charge in [0, 0.05) is 13.1 Å². The van der Waals surface area contributed by atoms with Gasteiger partial charge in [-0.25, -0.2) is 4.39 Å². The van der Waals surface area contributed by atoms with Gasteiger partial charge in [0.2, 0.25) is 5.91 Å². The van der Waals surface area contributed by atoms with Gasteiger partial charge < -0.3 is 10.2 Å². The molecule has 0 saturated carbocycles. The van der Waals surface area contributed by atoms with Crippen LogP contribution in [0.3, 0.4) is 0 Å². The fourth-order valence-electron chi connectivity index (χ4n) is 2.66. The van der Waals surface area contributed by atoms with Crippen molar-refractivity contribution in [2.75, 3.05) is 41.3 Å². The molecule has 0 aliphatic rings. The Morgan fingerprint density at radius 3 is 2.18 bits per heavy atom. The lowest BCUT2D eigenvalue weighted by atomic mass is 9.92. The number of rotatable bonds is 7. The second kappa shape index (κ2) is 7.70. The van der Waals surface area contributed by atoms with E-state index in [1.54, 1.807) is 12.1 Å². The Morgan fingerprint density at radius 2 is 1.73 bits per heavy atom. The summed E-state index contributed by atoms with van der Waals surface area (Å²) in [7, 11) is 7.73. The SMILES string of the molecule is CN(C)CC(C)(C)CNC(=O)[C@H](c1ccc(F)cc1)N(C)C. The van der Waals surface area contributed by atoms with Gasteiger partial charge in [-0.15, -0.1) is 0 Å². The molecule has 1 rings (SSSR count). The Hall–Kier alpha value is -1.46. The minimum Gasteiger partial charge on any atom is -0.354 e. The van der Waals surface area contributed by atoms with E-state index in [9.17, 15) is 9.18 Å². The summed E-state index contributed by atoms with van der Waals surface area (Å²) in [5.74, 6) is -0.364. The van der Waals surface area contributed by atoms with Gasteiger partial charge in [0.05, 0.1) is 0 Å². The van der Waals surface area contributed by atoms with Crippen LogP contribution in [0.25, 0.3) is 0 Å². The third kappa shape index (κ3) is 5.73. The molecular weight excluding hydrogens is 281 g/mol. The molecule has 22 heavy (non-hydrogen) atoms. The number of likely N-dealkylation sites (N-methyl/N-ethyl adjacent to an activating group) is 1. The van der Waals surface area contributed by atoms with Crippen molar-refractivity contribution in [3.63, 3.8) is 0 Å². The number of carbonyl (C=O) groups excluding carboxylic acids is 1. The fraction of sp³-hybridized carbons (Fsp3) is 0.588. The molecule has 1 amide bonds. The second-order valence-electron chi connectivity index (χ2n) is 7.04. The van der Waals surface area contributed by atoms with Gasteiger partial charge in [-0.1, -0.05) is 26.0 Å². The molecule has 0 radical (unpaired) electrons. The van der Waals surface area contributed by atoms with Crippen LogP contribution in [0.4, 0.5) is 4.39 Å².